The first-order valence-electron chi connectivity index (χ1n) is 8.02. The molecule has 140 valence electrons. The van der Waals surface area contributed by atoms with Crippen LogP contribution in [0.4, 0.5) is 18.9 Å². The van der Waals surface area contributed by atoms with Gasteiger partial charge in [-0.1, -0.05) is 0 Å². The Kier molecular flexibility index (Phi) is 3.21. The summed E-state index contributed by atoms with van der Waals surface area (Å²) in [4.78, 5) is 42.1. The highest BCUT2D eigenvalue weighted by molar-refractivity contribution is 6.25. The fourth-order valence-electron chi connectivity index (χ4n) is 4.46. The number of Topliss-reactive ketones (excluding diaryl/α,β-unsaturated/α-hetero) is 1. The van der Waals surface area contributed by atoms with E-state index in [1.165, 1.54) is 13.0 Å². The molecule has 3 aliphatic rings. The van der Waals surface area contributed by atoms with E-state index in [0.717, 1.165) is 6.20 Å². The number of imide groups is 1. The lowest BCUT2D eigenvalue weighted by molar-refractivity contribution is -0.140. The predicted molar refractivity (Wildman–Crippen MR) is 80.9 cm³/mol. The quantitative estimate of drug-likeness (QED) is 0.687. The summed E-state index contributed by atoms with van der Waals surface area (Å²) in [5.74, 6) is -3.91. The van der Waals surface area contributed by atoms with Crippen LogP contribution >= 0.6 is 0 Å². The number of halogens is 3. The Hall–Kier alpha value is -2.80. The van der Waals surface area contributed by atoms with Gasteiger partial charge in [0.2, 0.25) is 11.8 Å². The molecule has 1 aromatic heterocycles. The van der Waals surface area contributed by atoms with Gasteiger partial charge in [-0.2, -0.15) is 18.4 Å². The number of pyridine rings is 1. The zero-order valence-corrected chi connectivity index (χ0v) is 14.1. The third kappa shape index (κ3) is 2.06. The van der Waals surface area contributed by atoms with Crippen molar-refractivity contribution in [1.29, 1.82) is 5.26 Å². The molecule has 4 rings (SSSR count). The van der Waals surface area contributed by atoms with E-state index in [-0.39, 0.29) is 17.9 Å². The largest absolute Gasteiger partial charge is 0.419 e. The normalized spacial score (nSPS) is 35.0. The number of carbonyl (C=O) groups is 3. The van der Waals surface area contributed by atoms with Gasteiger partial charge in [-0.3, -0.25) is 14.4 Å². The summed E-state index contributed by atoms with van der Waals surface area (Å²) in [7, 11) is 0. The molecule has 0 N–H and O–H groups in total. The van der Waals surface area contributed by atoms with Crippen molar-refractivity contribution in [2.24, 2.45) is 11.8 Å². The highest BCUT2D eigenvalue weighted by Crippen LogP contribution is 2.59. The SMILES string of the molecule is CC12CC(=O)C(C)(O1)[C@@H]1C(=O)N(c3cnc(C#N)c(C(F)(F)F)c3)C(=O)[C@@H]12. The fourth-order valence-corrected chi connectivity index (χ4v) is 4.46. The van der Waals surface area contributed by atoms with Gasteiger partial charge in [0.15, 0.2) is 11.5 Å². The van der Waals surface area contributed by atoms with E-state index in [0.29, 0.717) is 11.0 Å². The lowest BCUT2D eigenvalue weighted by Crippen LogP contribution is -2.46. The Bertz CT molecular complexity index is 969. The molecular formula is C17H12F3N3O4. The van der Waals surface area contributed by atoms with Gasteiger partial charge in [0.05, 0.1) is 34.9 Å². The molecule has 7 nitrogen and oxygen atoms in total. The average molecular weight is 379 g/mol. The molecule has 0 aliphatic carbocycles. The van der Waals surface area contributed by atoms with Crippen LogP contribution in [0.1, 0.15) is 31.5 Å². The molecule has 3 fully saturated rings. The summed E-state index contributed by atoms with van der Waals surface area (Å²) < 4.78 is 45.3. The van der Waals surface area contributed by atoms with Crippen LogP contribution in [-0.2, 0) is 25.3 Å². The first-order valence-corrected chi connectivity index (χ1v) is 8.02. The summed E-state index contributed by atoms with van der Waals surface area (Å²) in [6.07, 6.45) is -4.05. The second-order valence-electron chi connectivity index (χ2n) is 7.29. The van der Waals surface area contributed by atoms with E-state index in [9.17, 15) is 27.6 Å². The minimum Gasteiger partial charge on any atom is -0.359 e. The van der Waals surface area contributed by atoms with Gasteiger partial charge in [-0.05, 0) is 19.9 Å². The molecule has 0 spiro atoms. The molecule has 3 aliphatic heterocycles. The van der Waals surface area contributed by atoms with Crippen LogP contribution in [0.25, 0.3) is 0 Å². The number of amides is 2. The molecule has 2 amide bonds. The minimum absolute atomic E-state index is 0.0447. The lowest BCUT2D eigenvalue weighted by atomic mass is 9.68. The number of fused-ring (bicyclic) bond motifs is 5. The number of nitrogens with zero attached hydrogens (tertiary/aromatic N) is 3. The molecular weight excluding hydrogens is 367 g/mol. The van der Waals surface area contributed by atoms with E-state index < -0.39 is 52.3 Å². The van der Waals surface area contributed by atoms with Gasteiger partial charge in [-0.15, -0.1) is 0 Å². The molecule has 4 atom stereocenters. The van der Waals surface area contributed by atoms with Crippen molar-refractivity contribution in [2.45, 2.75) is 37.6 Å². The number of carbonyl (C=O) groups excluding carboxylic acids is 3. The van der Waals surface area contributed by atoms with Crippen LogP contribution in [0.15, 0.2) is 12.3 Å². The Morgan fingerprint density at radius 1 is 1.26 bits per heavy atom. The predicted octanol–water partition coefficient (Wildman–Crippen LogP) is 1.60. The molecule has 2 bridgehead atoms. The van der Waals surface area contributed by atoms with Crippen molar-refractivity contribution in [3.63, 3.8) is 0 Å². The summed E-state index contributed by atoms with van der Waals surface area (Å²) >= 11 is 0. The topological polar surface area (TPSA) is 100 Å². The molecule has 0 saturated carbocycles. The number of alkyl halides is 3. The van der Waals surface area contributed by atoms with Crippen LogP contribution in [-0.4, -0.2) is 33.8 Å². The number of hydrogen-bond acceptors (Lipinski definition) is 6. The zero-order valence-electron chi connectivity index (χ0n) is 14.1. The molecule has 1 aromatic rings. The van der Waals surface area contributed by atoms with Crippen LogP contribution < -0.4 is 4.90 Å². The smallest absolute Gasteiger partial charge is 0.359 e. The zero-order chi connectivity index (χ0) is 19.9. The van der Waals surface area contributed by atoms with Crippen molar-refractivity contribution in [2.75, 3.05) is 4.90 Å². The number of rotatable bonds is 1. The maximum atomic E-state index is 13.2. The van der Waals surface area contributed by atoms with Gasteiger partial charge >= 0.3 is 6.18 Å². The molecule has 10 heteroatoms. The Morgan fingerprint density at radius 2 is 1.89 bits per heavy atom. The highest BCUT2D eigenvalue weighted by Gasteiger charge is 2.76. The van der Waals surface area contributed by atoms with E-state index >= 15 is 0 Å². The van der Waals surface area contributed by atoms with E-state index in [4.69, 9.17) is 10.00 Å². The summed E-state index contributed by atoms with van der Waals surface area (Å²) in [6, 6.07) is 1.89. The van der Waals surface area contributed by atoms with Crippen molar-refractivity contribution in [3.05, 3.63) is 23.5 Å². The van der Waals surface area contributed by atoms with E-state index in [1.807, 2.05) is 0 Å². The number of hydrogen-bond donors (Lipinski definition) is 0. The van der Waals surface area contributed by atoms with Crippen LogP contribution in [0.3, 0.4) is 0 Å². The van der Waals surface area contributed by atoms with Crippen molar-refractivity contribution in [1.82, 2.24) is 4.98 Å². The summed E-state index contributed by atoms with van der Waals surface area (Å²) in [5, 5.41) is 8.83. The Labute approximate surface area is 150 Å². The van der Waals surface area contributed by atoms with Gasteiger partial charge in [0.25, 0.3) is 0 Å². The van der Waals surface area contributed by atoms with Crippen LogP contribution in [0, 0.1) is 23.2 Å². The standard InChI is InChI=1S/C17H12F3N3O4/c1-15-4-10(24)16(2,27-15)12-11(15)13(25)23(14(12)26)7-3-8(17(18,19)20)9(5-21)22-6-7/h3,6,11-12H,4H2,1-2H3/t11-,12+,15?,16?/m1/s1. The number of ketones is 1. The van der Waals surface area contributed by atoms with E-state index in [1.54, 1.807) is 6.92 Å². The fraction of sp³-hybridized carbons (Fsp3) is 0.471. The maximum Gasteiger partial charge on any atom is 0.419 e. The highest BCUT2D eigenvalue weighted by atomic mass is 19.4. The van der Waals surface area contributed by atoms with Gasteiger partial charge in [0, 0.05) is 6.42 Å². The number of anilines is 1. The molecule has 2 unspecified atom stereocenters. The number of nitriles is 1. The Balaban J connectivity index is 1.82. The van der Waals surface area contributed by atoms with Gasteiger partial charge in [-0.25, -0.2) is 9.88 Å². The molecule has 27 heavy (non-hydrogen) atoms. The first-order chi connectivity index (χ1) is 12.4. The first kappa shape index (κ1) is 17.6. The molecule has 0 radical (unpaired) electrons. The third-order valence-electron chi connectivity index (χ3n) is 5.61. The maximum absolute atomic E-state index is 13.2. The average Bonchev–Trinajstić information content (AvgIpc) is 3.07. The van der Waals surface area contributed by atoms with E-state index in [2.05, 4.69) is 4.98 Å². The second-order valence-corrected chi connectivity index (χ2v) is 7.29. The summed E-state index contributed by atoms with van der Waals surface area (Å²) in [5.41, 5.74) is -5.24. The third-order valence-corrected chi connectivity index (χ3v) is 5.61. The van der Waals surface area contributed by atoms with Crippen LogP contribution in [0.2, 0.25) is 0 Å². The van der Waals surface area contributed by atoms with Gasteiger partial charge in [0.1, 0.15) is 11.7 Å². The van der Waals surface area contributed by atoms with Crippen molar-refractivity contribution < 1.29 is 32.3 Å². The number of ether oxygens (including phenoxy) is 1. The minimum atomic E-state index is -4.88. The molecule has 4 heterocycles. The van der Waals surface area contributed by atoms with Crippen molar-refractivity contribution in [3.8, 4) is 6.07 Å². The van der Waals surface area contributed by atoms with Crippen molar-refractivity contribution >= 4 is 23.3 Å². The van der Waals surface area contributed by atoms with Gasteiger partial charge < -0.3 is 4.74 Å². The Morgan fingerprint density at radius 3 is 2.48 bits per heavy atom. The number of aromatic nitrogens is 1. The summed E-state index contributed by atoms with van der Waals surface area (Å²) in [6.45, 7) is 2.98. The second kappa shape index (κ2) is 4.92. The monoisotopic (exact) mass is 379 g/mol. The van der Waals surface area contributed by atoms with Crippen LogP contribution in [0.5, 0.6) is 0 Å². The molecule has 0 aromatic carbocycles. The molecule has 3 saturated heterocycles. The lowest BCUT2D eigenvalue weighted by Gasteiger charge is -2.26.